The highest BCUT2D eigenvalue weighted by Crippen LogP contribution is 2.33. The van der Waals surface area contributed by atoms with Crippen molar-refractivity contribution < 1.29 is 14.0 Å². The van der Waals surface area contributed by atoms with Gasteiger partial charge in [-0.25, -0.2) is 0 Å². The Morgan fingerprint density at radius 1 is 1.29 bits per heavy atom. The van der Waals surface area contributed by atoms with Gasteiger partial charge in [-0.2, -0.15) is 5.26 Å². The third-order valence-corrected chi connectivity index (χ3v) is 2.35. The van der Waals surface area contributed by atoms with E-state index in [1.165, 1.54) is 6.26 Å². The second kappa shape index (κ2) is 4.58. The van der Waals surface area contributed by atoms with Gasteiger partial charge in [0.1, 0.15) is 35.1 Å². The lowest BCUT2D eigenvalue weighted by molar-refractivity contribution is 0.394. The normalized spacial score (nSPS) is 9.71. The van der Waals surface area contributed by atoms with E-state index in [4.69, 9.17) is 19.3 Å². The third-order valence-electron chi connectivity index (χ3n) is 2.35. The zero-order valence-electron chi connectivity index (χ0n) is 9.43. The summed E-state index contributed by atoms with van der Waals surface area (Å²) in [7, 11) is 3.12. The van der Waals surface area contributed by atoms with Gasteiger partial charge in [-0.1, -0.05) is 5.16 Å². The Morgan fingerprint density at radius 2 is 2.12 bits per heavy atom. The summed E-state index contributed by atoms with van der Waals surface area (Å²) in [5.74, 6) is 1.25. The van der Waals surface area contributed by atoms with Crippen molar-refractivity contribution in [1.29, 1.82) is 5.26 Å². The molecule has 0 bridgehead atoms. The first kappa shape index (κ1) is 11.0. The van der Waals surface area contributed by atoms with Gasteiger partial charge in [-0.05, 0) is 12.1 Å². The van der Waals surface area contributed by atoms with E-state index in [1.807, 2.05) is 6.07 Å². The minimum absolute atomic E-state index is 0.369. The van der Waals surface area contributed by atoms with Gasteiger partial charge in [0.25, 0.3) is 0 Å². The Kier molecular flexibility index (Phi) is 2.97. The van der Waals surface area contributed by atoms with Crippen LogP contribution in [-0.4, -0.2) is 19.4 Å². The Bertz CT molecular complexity index is 569. The lowest BCUT2D eigenvalue weighted by atomic mass is 10.1. The molecule has 0 amide bonds. The fourth-order valence-electron chi connectivity index (χ4n) is 1.50. The molecule has 0 aliphatic rings. The number of benzene rings is 1. The van der Waals surface area contributed by atoms with Crippen molar-refractivity contribution in [3.63, 3.8) is 0 Å². The van der Waals surface area contributed by atoms with E-state index in [1.54, 1.807) is 32.4 Å². The van der Waals surface area contributed by atoms with Crippen molar-refractivity contribution >= 4 is 0 Å². The Morgan fingerprint density at radius 3 is 2.76 bits per heavy atom. The highest BCUT2D eigenvalue weighted by molar-refractivity contribution is 5.72. The fraction of sp³-hybridized carbons (Fsp3) is 0.167. The van der Waals surface area contributed by atoms with Crippen molar-refractivity contribution in [1.82, 2.24) is 5.16 Å². The number of nitrogens with zero attached hydrogens (tertiary/aromatic N) is 2. The molecular formula is C12H10N2O3. The lowest BCUT2D eigenvalue weighted by Gasteiger charge is -2.08. The number of aromatic nitrogens is 1. The Labute approximate surface area is 98.2 Å². The van der Waals surface area contributed by atoms with E-state index in [9.17, 15) is 0 Å². The molecule has 0 radical (unpaired) electrons. The molecule has 0 N–H and O–H groups in total. The van der Waals surface area contributed by atoms with Crippen LogP contribution in [0.25, 0.3) is 11.3 Å². The van der Waals surface area contributed by atoms with Crippen LogP contribution in [0, 0.1) is 11.3 Å². The quantitative estimate of drug-likeness (QED) is 0.808. The van der Waals surface area contributed by atoms with Gasteiger partial charge in [-0.15, -0.1) is 0 Å². The molecule has 1 aromatic carbocycles. The molecule has 0 saturated heterocycles. The summed E-state index contributed by atoms with van der Waals surface area (Å²) in [6.07, 6.45) is 1.30. The summed E-state index contributed by atoms with van der Waals surface area (Å²) < 4.78 is 15.1. The molecular weight excluding hydrogens is 220 g/mol. The maximum absolute atomic E-state index is 8.92. The van der Waals surface area contributed by atoms with Gasteiger partial charge >= 0.3 is 0 Å². The number of rotatable bonds is 3. The third kappa shape index (κ3) is 1.93. The van der Waals surface area contributed by atoms with E-state index in [-0.39, 0.29) is 0 Å². The van der Waals surface area contributed by atoms with Crippen molar-refractivity contribution in [2.75, 3.05) is 14.2 Å². The summed E-state index contributed by atoms with van der Waals surface area (Å²) in [5.41, 5.74) is 1.53. The molecule has 17 heavy (non-hydrogen) atoms. The van der Waals surface area contributed by atoms with E-state index in [0.29, 0.717) is 28.3 Å². The average molecular weight is 230 g/mol. The zero-order valence-corrected chi connectivity index (χ0v) is 9.43. The minimum Gasteiger partial charge on any atom is -0.497 e. The van der Waals surface area contributed by atoms with Crippen LogP contribution in [-0.2, 0) is 0 Å². The maximum atomic E-state index is 8.92. The van der Waals surface area contributed by atoms with Crippen molar-refractivity contribution in [3.05, 3.63) is 30.0 Å². The van der Waals surface area contributed by atoms with Crippen molar-refractivity contribution in [2.24, 2.45) is 0 Å². The number of methoxy groups -OCH3 is 2. The van der Waals surface area contributed by atoms with Crippen molar-refractivity contribution in [3.8, 4) is 28.8 Å². The SMILES string of the molecule is COc1ccc(-c2nocc2C#N)c(OC)c1. The standard InChI is InChI=1S/C12H10N2O3/c1-15-9-3-4-10(11(5-9)16-2)12-8(6-13)7-17-14-12/h3-5,7H,1-2H3. The van der Waals surface area contributed by atoms with Gasteiger partial charge in [0, 0.05) is 11.6 Å². The first-order valence-corrected chi connectivity index (χ1v) is 4.87. The summed E-state index contributed by atoms with van der Waals surface area (Å²) in [4.78, 5) is 0. The molecule has 5 heteroatoms. The molecule has 1 aromatic heterocycles. The molecule has 2 rings (SSSR count). The molecule has 2 aromatic rings. The number of hydrogen-bond acceptors (Lipinski definition) is 5. The van der Waals surface area contributed by atoms with E-state index in [0.717, 1.165) is 0 Å². The monoisotopic (exact) mass is 230 g/mol. The minimum atomic E-state index is 0.369. The van der Waals surface area contributed by atoms with E-state index < -0.39 is 0 Å². The van der Waals surface area contributed by atoms with Crippen LogP contribution < -0.4 is 9.47 Å². The highest BCUT2D eigenvalue weighted by atomic mass is 16.5. The molecule has 1 heterocycles. The topological polar surface area (TPSA) is 68.3 Å². The zero-order chi connectivity index (χ0) is 12.3. The Hall–Kier alpha value is -2.48. The Balaban J connectivity index is 2.56. The van der Waals surface area contributed by atoms with Crippen LogP contribution >= 0.6 is 0 Å². The largest absolute Gasteiger partial charge is 0.497 e. The highest BCUT2D eigenvalue weighted by Gasteiger charge is 2.15. The van der Waals surface area contributed by atoms with Gasteiger partial charge in [0.2, 0.25) is 0 Å². The molecule has 0 spiro atoms. The van der Waals surface area contributed by atoms with Crippen LogP contribution in [0.3, 0.4) is 0 Å². The molecule has 0 fully saturated rings. The number of hydrogen-bond donors (Lipinski definition) is 0. The van der Waals surface area contributed by atoms with E-state index in [2.05, 4.69) is 5.16 Å². The molecule has 0 aliphatic carbocycles. The number of ether oxygens (including phenoxy) is 2. The predicted molar refractivity (Wildman–Crippen MR) is 59.8 cm³/mol. The van der Waals surface area contributed by atoms with Gasteiger partial charge in [0.05, 0.1) is 14.2 Å². The van der Waals surface area contributed by atoms with Crippen LogP contribution in [0.1, 0.15) is 5.56 Å². The second-order valence-corrected chi connectivity index (χ2v) is 3.25. The molecule has 0 atom stereocenters. The summed E-state index contributed by atoms with van der Waals surface area (Å²) in [5, 5.41) is 12.7. The number of nitriles is 1. The molecule has 0 aliphatic heterocycles. The van der Waals surface area contributed by atoms with Gasteiger partial charge in [0.15, 0.2) is 0 Å². The van der Waals surface area contributed by atoms with E-state index >= 15 is 0 Å². The smallest absolute Gasteiger partial charge is 0.142 e. The van der Waals surface area contributed by atoms with Crippen molar-refractivity contribution in [2.45, 2.75) is 0 Å². The summed E-state index contributed by atoms with van der Waals surface area (Å²) >= 11 is 0. The fourth-order valence-corrected chi connectivity index (χ4v) is 1.50. The van der Waals surface area contributed by atoms with Crippen LogP contribution in [0.5, 0.6) is 11.5 Å². The summed E-state index contributed by atoms with van der Waals surface area (Å²) in [6, 6.07) is 7.28. The second-order valence-electron chi connectivity index (χ2n) is 3.25. The molecule has 0 saturated carbocycles. The van der Waals surface area contributed by atoms with Crippen LogP contribution in [0.4, 0.5) is 0 Å². The van der Waals surface area contributed by atoms with Crippen LogP contribution in [0.2, 0.25) is 0 Å². The van der Waals surface area contributed by atoms with Crippen LogP contribution in [0.15, 0.2) is 29.0 Å². The first-order valence-electron chi connectivity index (χ1n) is 4.87. The van der Waals surface area contributed by atoms with Gasteiger partial charge < -0.3 is 14.0 Å². The molecule has 0 unspecified atom stereocenters. The average Bonchev–Trinajstić information content (AvgIpc) is 2.85. The maximum Gasteiger partial charge on any atom is 0.142 e. The molecule has 86 valence electrons. The lowest BCUT2D eigenvalue weighted by Crippen LogP contribution is -1.91. The van der Waals surface area contributed by atoms with Gasteiger partial charge in [-0.3, -0.25) is 0 Å². The molecule has 5 nitrogen and oxygen atoms in total. The summed E-state index contributed by atoms with van der Waals surface area (Å²) in [6.45, 7) is 0. The first-order chi connectivity index (χ1) is 8.30. The predicted octanol–water partition coefficient (Wildman–Crippen LogP) is 2.23.